The predicted octanol–water partition coefficient (Wildman–Crippen LogP) is 5.89. The monoisotopic (exact) mass is 353 g/mol. The molecule has 2 heteroatoms. The van der Waals surface area contributed by atoms with Crippen LogP contribution in [-0.4, -0.2) is 0 Å². The second-order valence-electron chi connectivity index (χ2n) is 6.57. The van der Waals surface area contributed by atoms with Crippen LogP contribution in [0.1, 0.15) is 40.6 Å². The highest BCUT2D eigenvalue weighted by atomic mass is 79.9. The van der Waals surface area contributed by atoms with Crippen molar-refractivity contribution in [3.8, 4) is 0 Å². The topological polar surface area (TPSA) is 12.0 Å². The van der Waals surface area contributed by atoms with Crippen molar-refractivity contribution in [3.05, 3.63) is 75.3 Å². The van der Waals surface area contributed by atoms with Crippen LogP contribution in [0.2, 0.25) is 0 Å². The molecule has 0 radical (unpaired) electrons. The number of allylic oxidation sites excluding steroid dienone is 2. The van der Waals surface area contributed by atoms with Gasteiger partial charge in [0.15, 0.2) is 0 Å². The number of aryl methyl sites for hydroxylation is 2. The lowest BCUT2D eigenvalue weighted by molar-refractivity contribution is 0.424. The molecule has 1 nitrogen and oxygen atoms in total. The van der Waals surface area contributed by atoms with Crippen LogP contribution in [-0.2, 0) is 0 Å². The average Bonchev–Trinajstić information content (AvgIpc) is 2.97. The van der Waals surface area contributed by atoms with E-state index in [0.717, 1.165) is 10.9 Å². The van der Waals surface area contributed by atoms with Gasteiger partial charge in [-0.1, -0.05) is 51.8 Å². The van der Waals surface area contributed by atoms with Crippen LogP contribution in [0, 0.1) is 19.8 Å². The fraction of sp³-hybridized carbons (Fsp3) is 0.300. The summed E-state index contributed by atoms with van der Waals surface area (Å²) in [6.45, 7) is 4.40. The highest BCUT2D eigenvalue weighted by Crippen LogP contribution is 2.50. The Balaban J connectivity index is 1.81. The van der Waals surface area contributed by atoms with Gasteiger partial charge in [0.25, 0.3) is 0 Å². The van der Waals surface area contributed by atoms with Crippen LogP contribution in [0.5, 0.6) is 0 Å². The Kier molecular flexibility index (Phi) is 3.37. The SMILES string of the molecule is Cc1ccc([C@H]2Nc3ccc(Br)cc3[C@H]3C=CC[C@H]32)c(C)c1. The molecule has 2 aliphatic rings. The predicted molar refractivity (Wildman–Crippen MR) is 96.4 cm³/mol. The lowest BCUT2D eigenvalue weighted by Gasteiger charge is -2.38. The number of fused-ring (bicyclic) bond motifs is 3. The Labute approximate surface area is 140 Å². The number of rotatable bonds is 1. The molecular formula is C20H20BrN. The Morgan fingerprint density at radius 1 is 1.05 bits per heavy atom. The standard InChI is InChI=1S/C20H20BrN/c1-12-6-8-15(13(2)10-12)20-17-5-3-4-16(17)18-11-14(21)7-9-19(18)22-20/h3-4,6-11,16-17,20,22H,5H2,1-2H3/t16-,17+,20+/m0/s1. The Hall–Kier alpha value is -1.54. The lowest BCUT2D eigenvalue weighted by atomic mass is 9.76. The zero-order chi connectivity index (χ0) is 15.3. The third-order valence-corrected chi connectivity index (χ3v) is 5.58. The van der Waals surface area contributed by atoms with Gasteiger partial charge in [-0.15, -0.1) is 0 Å². The highest BCUT2D eigenvalue weighted by Gasteiger charge is 2.38. The second-order valence-corrected chi connectivity index (χ2v) is 7.48. The fourth-order valence-electron chi connectivity index (χ4n) is 4.05. The molecule has 1 N–H and O–H groups in total. The highest BCUT2D eigenvalue weighted by molar-refractivity contribution is 9.10. The van der Waals surface area contributed by atoms with Gasteiger partial charge in [0.1, 0.15) is 0 Å². The van der Waals surface area contributed by atoms with Crippen molar-refractivity contribution in [1.29, 1.82) is 0 Å². The number of anilines is 1. The molecule has 4 rings (SSSR count). The van der Waals surface area contributed by atoms with Gasteiger partial charge in [-0.3, -0.25) is 0 Å². The minimum atomic E-state index is 0.397. The molecule has 0 saturated carbocycles. The number of benzene rings is 2. The zero-order valence-electron chi connectivity index (χ0n) is 12.9. The smallest absolute Gasteiger partial charge is 0.0556 e. The van der Waals surface area contributed by atoms with Crippen molar-refractivity contribution in [2.45, 2.75) is 32.2 Å². The molecule has 2 aromatic rings. The maximum absolute atomic E-state index is 3.81. The summed E-state index contributed by atoms with van der Waals surface area (Å²) in [5.74, 6) is 1.14. The van der Waals surface area contributed by atoms with E-state index in [1.54, 1.807) is 0 Å². The normalized spacial score (nSPS) is 25.5. The number of hydrogen-bond acceptors (Lipinski definition) is 1. The van der Waals surface area contributed by atoms with Crippen LogP contribution >= 0.6 is 15.9 Å². The van der Waals surface area contributed by atoms with Gasteiger partial charge in [0.05, 0.1) is 6.04 Å². The van der Waals surface area contributed by atoms with Crippen LogP contribution in [0.15, 0.2) is 53.0 Å². The van der Waals surface area contributed by atoms with Crippen LogP contribution in [0.25, 0.3) is 0 Å². The van der Waals surface area contributed by atoms with E-state index in [1.807, 2.05) is 0 Å². The molecule has 0 saturated heterocycles. The van der Waals surface area contributed by atoms with Crippen LogP contribution < -0.4 is 5.32 Å². The molecule has 22 heavy (non-hydrogen) atoms. The first kappa shape index (κ1) is 14.1. The Bertz CT molecular complexity index is 762. The van der Waals surface area contributed by atoms with Crippen molar-refractivity contribution in [2.75, 3.05) is 5.32 Å². The van der Waals surface area contributed by atoms with Gasteiger partial charge >= 0.3 is 0 Å². The summed E-state index contributed by atoms with van der Waals surface area (Å²) in [6, 6.07) is 13.8. The maximum atomic E-state index is 3.81. The summed E-state index contributed by atoms with van der Waals surface area (Å²) in [4.78, 5) is 0. The van der Waals surface area contributed by atoms with Crippen molar-refractivity contribution in [3.63, 3.8) is 0 Å². The third-order valence-electron chi connectivity index (χ3n) is 5.09. The summed E-state index contributed by atoms with van der Waals surface area (Å²) < 4.78 is 1.16. The van der Waals surface area contributed by atoms with E-state index in [4.69, 9.17) is 0 Å². The molecule has 0 aromatic heterocycles. The molecule has 3 atom stereocenters. The Morgan fingerprint density at radius 2 is 1.91 bits per heavy atom. The van der Waals surface area contributed by atoms with Gasteiger partial charge in [0, 0.05) is 16.1 Å². The Morgan fingerprint density at radius 3 is 2.73 bits per heavy atom. The van der Waals surface area contributed by atoms with Crippen molar-refractivity contribution in [1.82, 2.24) is 0 Å². The van der Waals surface area contributed by atoms with Gasteiger partial charge in [0.2, 0.25) is 0 Å². The third kappa shape index (κ3) is 2.21. The average molecular weight is 354 g/mol. The summed E-state index contributed by atoms with van der Waals surface area (Å²) >= 11 is 3.62. The fourth-order valence-corrected chi connectivity index (χ4v) is 4.43. The van der Waals surface area contributed by atoms with Crippen LogP contribution in [0.4, 0.5) is 5.69 Å². The molecule has 0 unspecified atom stereocenters. The quantitative estimate of drug-likeness (QED) is 0.630. The van der Waals surface area contributed by atoms with Crippen LogP contribution in [0.3, 0.4) is 0 Å². The molecule has 0 spiro atoms. The molecule has 0 bridgehead atoms. The summed E-state index contributed by atoms with van der Waals surface area (Å²) in [5, 5.41) is 3.81. The van der Waals surface area contributed by atoms with Gasteiger partial charge in [-0.05, 0) is 61.1 Å². The minimum Gasteiger partial charge on any atom is -0.378 e. The zero-order valence-corrected chi connectivity index (χ0v) is 14.5. The number of hydrogen-bond donors (Lipinski definition) is 1. The molecular weight excluding hydrogens is 334 g/mol. The minimum absolute atomic E-state index is 0.397. The maximum Gasteiger partial charge on any atom is 0.0556 e. The van der Waals surface area contributed by atoms with Gasteiger partial charge in [-0.2, -0.15) is 0 Å². The molecule has 1 heterocycles. The van der Waals surface area contributed by atoms with E-state index < -0.39 is 0 Å². The first-order valence-electron chi connectivity index (χ1n) is 7.93. The largest absolute Gasteiger partial charge is 0.378 e. The summed E-state index contributed by atoms with van der Waals surface area (Å²) in [5.41, 5.74) is 6.87. The van der Waals surface area contributed by atoms with E-state index in [2.05, 4.69) is 83.6 Å². The number of nitrogens with one attached hydrogen (secondary N) is 1. The van der Waals surface area contributed by atoms with E-state index in [1.165, 1.54) is 27.9 Å². The molecule has 1 aliphatic heterocycles. The second kappa shape index (κ2) is 5.27. The van der Waals surface area contributed by atoms with Gasteiger partial charge < -0.3 is 5.32 Å². The van der Waals surface area contributed by atoms with Crippen molar-refractivity contribution >= 4 is 21.6 Å². The molecule has 0 amide bonds. The molecule has 0 fully saturated rings. The summed E-state index contributed by atoms with van der Waals surface area (Å²) in [7, 11) is 0. The van der Waals surface area contributed by atoms with Crippen molar-refractivity contribution < 1.29 is 0 Å². The van der Waals surface area contributed by atoms with E-state index in [0.29, 0.717) is 17.9 Å². The first-order valence-corrected chi connectivity index (χ1v) is 8.72. The molecule has 1 aliphatic carbocycles. The first-order chi connectivity index (χ1) is 10.6. The van der Waals surface area contributed by atoms with E-state index in [-0.39, 0.29) is 0 Å². The van der Waals surface area contributed by atoms with Crippen molar-refractivity contribution in [2.24, 2.45) is 5.92 Å². The van der Waals surface area contributed by atoms with E-state index >= 15 is 0 Å². The molecule has 112 valence electrons. The molecule has 2 aromatic carbocycles. The summed E-state index contributed by atoms with van der Waals surface area (Å²) in [6.07, 6.45) is 5.90. The number of halogens is 1. The van der Waals surface area contributed by atoms with Gasteiger partial charge in [-0.25, -0.2) is 0 Å². The lowest BCUT2D eigenvalue weighted by Crippen LogP contribution is -2.29. The van der Waals surface area contributed by atoms with E-state index in [9.17, 15) is 0 Å².